The number of allylic oxidation sites excluding steroid dienone is 1. The van der Waals surface area contributed by atoms with Crippen LogP contribution in [0.5, 0.6) is 0 Å². The monoisotopic (exact) mass is 424 g/mol. The van der Waals surface area contributed by atoms with Crippen LogP contribution in [0, 0.1) is 20.8 Å². The summed E-state index contributed by atoms with van der Waals surface area (Å²) in [5, 5.41) is 0.475. The summed E-state index contributed by atoms with van der Waals surface area (Å²) >= 11 is 5.92. The number of Topliss-reactive ketones (excluding diaryl/α,β-unsaturated/α-hetero) is 1. The van der Waals surface area contributed by atoms with Gasteiger partial charge in [-0.1, -0.05) is 53.1 Å². The van der Waals surface area contributed by atoms with Gasteiger partial charge in [0, 0.05) is 10.6 Å². The standard InChI is InChI=1S/C24H21ClO3S/c1-16-5-12-22(13-6-16)29(27,28)23(15-20-14-17(2)4-7-18(20)3)24(26)19-8-10-21(25)11-9-19/h4-15H,1-3H3/b23-15+. The molecule has 0 aliphatic carbocycles. The number of benzene rings is 3. The molecule has 0 N–H and O–H groups in total. The van der Waals surface area contributed by atoms with Crippen LogP contribution in [0.15, 0.2) is 76.5 Å². The second-order valence-electron chi connectivity index (χ2n) is 7.02. The first-order chi connectivity index (χ1) is 13.7. The predicted molar refractivity (Wildman–Crippen MR) is 118 cm³/mol. The summed E-state index contributed by atoms with van der Waals surface area (Å²) in [6.07, 6.45) is 1.47. The second kappa shape index (κ2) is 8.36. The van der Waals surface area contributed by atoms with Crippen molar-refractivity contribution in [3.05, 3.63) is 104 Å². The molecule has 0 spiro atoms. The first-order valence-electron chi connectivity index (χ1n) is 9.09. The molecule has 0 aromatic heterocycles. The third kappa shape index (κ3) is 4.66. The summed E-state index contributed by atoms with van der Waals surface area (Å²) < 4.78 is 26.8. The van der Waals surface area contributed by atoms with E-state index < -0.39 is 15.6 Å². The maximum absolute atomic E-state index is 13.4. The number of hydrogen-bond acceptors (Lipinski definition) is 3. The molecular formula is C24H21ClO3S. The molecule has 3 nitrogen and oxygen atoms in total. The number of rotatable bonds is 5. The van der Waals surface area contributed by atoms with Crippen LogP contribution in [0.1, 0.15) is 32.6 Å². The van der Waals surface area contributed by atoms with Crippen LogP contribution < -0.4 is 0 Å². The van der Waals surface area contributed by atoms with Crippen molar-refractivity contribution in [2.75, 3.05) is 0 Å². The summed E-state index contributed by atoms with van der Waals surface area (Å²) in [5.41, 5.74) is 3.76. The number of aryl methyl sites for hydroxylation is 3. The number of halogens is 1. The van der Waals surface area contributed by atoms with Crippen molar-refractivity contribution in [2.24, 2.45) is 0 Å². The van der Waals surface area contributed by atoms with Gasteiger partial charge in [-0.3, -0.25) is 4.79 Å². The topological polar surface area (TPSA) is 51.2 Å². The largest absolute Gasteiger partial charge is 0.288 e. The van der Waals surface area contributed by atoms with Gasteiger partial charge < -0.3 is 0 Å². The number of sulfone groups is 1. The highest BCUT2D eigenvalue weighted by atomic mass is 35.5. The Morgan fingerprint density at radius 1 is 0.828 bits per heavy atom. The molecule has 3 aromatic carbocycles. The Kier molecular flexibility index (Phi) is 6.06. The highest BCUT2D eigenvalue weighted by Gasteiger charge is 2.28. The normalized spacial score (nSPS) is 12.1. The highest BCUT2D eigenvalue weighted by molar-refractivity contribution is 7.96. The lowest BCUT2D eigenvalue weighted by molar-refractivity contribution is 0.104. The van der Waals surface area contributed by atoms with E-state index in [0.29, 0.717) is 10.6 Å². The van der Waals surface area contributed by atoms with Gasteiger partial charge in [-0.25, -0.2) is 8.42 Å². The van der Waals surface area contributed by atoms with E-state index in [1.807, 2.05) is 39.0 Å². The maximum Gasteiger partial charge on any atom is 0.210 e. The molecule has 0 heterocycles. The Bertz CT molecular complexity index is 1190. The molecule has 0 saturated carbocycles. The van der Waals surface area contributed by atoms with E-state index in [9.17, 15) is 13.2 Å². The van der Waals surface area contributed by atoms with E-state index in [4.69, 9.17) is 11.6 Å². The van der Waals surface area contributed by atoms with Crippen LogP contribution in [-0.2, 0) is 9.84 Å². The van der Waals surface area contributed by atoms with E-state index in [1.54, 1.807) is 24.3 Å². The lowest BCUT2D eigenvalue weighted by atomic mass is 10.0. The summed E-state index contributed by atoms with van der Waals surface area (Å²) in [6.45, 7) is 5.68. The zero-order valence-corrected chi connectivity index (χ0v) is 18.0. The zero-order chi connectivity index (χ0) is 21.2. The van der Waals surface area contributed by atoms with Gasteiger partial charge in [0.1, 0.15) is 4.91 Å². The molecule has 0 saturated heterocycles. The van der Waals surface area contributed by atoms with Gasteiger partial charge >= 0.3 is 0 Å². The van der Waals surface area contributed by atoms with Crippen molar-refractivity contribution in [1.82, 2.24) is 0 Å². The molecule has 0 atom stereocenters. The van der Waals surface area contributed by atoms with Crippen molar-refractivity contribution in [3.63, 3.8) is 0 Å². The minimum Gasteiger partial charge on any atom is -0.288 e. The van der Waals surface area contributed by atoms with E-state index in [2.05, 4.69) is 0 Å². The predicted octanol–water partition coefficient (Wildman–Crippen LogP) is 5.96. The van der Waals surface area contributed by atoms with Crippen molar-refractivity contribution in [2.45, 2.75) is 25.7 Å². The van der Waals surface area contributed by atoms with E-state index in [-0.39, 0.29) is 15.4 Å². The fraction of sp³-hybridized carbons (Fsp3) is 0.125. The van der Waals surface area contributed by atoms with Crippen LogP contribution in [0.25, 0.3) is 6.08 Å². The Labute approximate surface area is 176 Å². The Morgan fingerprint density at radius 2 is 1.41 bits per heavy atom. The van der Waals surface area contributed by atoms with Crippen molar-refractivity contribution >= 4 is 33.3 Å². The third-order valence-electron chi connectivity index (χ3n) is 4.67. The number of carbonyl (C=O) groups is 1. The average molecular weight is 425 g/mol. The molecule has 0 aliphatic rings. The molecule has 29 heavy (non-hydrogen) atoms. The summed E-state index contributed by atoms with van der Waals surface area (Å²) in [4.78, 5) is 13.1. The van der Waals surface area contributed by atoms with E-state index in [0.717, 1.165) is 16.7 Å². The lowest BCUT2D eigenvalue weighted by Crippen LogP contribution is -2.14. The highest BCUT2D eigenvalue weighted by Crippen LogP contribution is 2.27. The third-order valence-corrected chi connectivity index (χ3v) is 6.70. The molecule has 3 aromatic rings. The molecule has 0 unspecified atom stereocenters. The Morgan fingerprint density at radius 3 is 2.03 bits per heavy atom. The molecule has 5 heteroatoms. The SMILES string of the molecule is Cc1ccc(S(=O)(=O)/C(=C/c2cc(C)ccc2C)C(=O)c2ccc(Cl)cc2)cc1. The molecule has 0 aliphatic heterocycles. The van der Waals surface area contributed by atoms with Gasteiger partial charge in [-0.2, -0.15) is 0 Å². The fourth-order valence-corrected chi connectivity index (χ4v) is 4.43. The van der Waals surface area contributed by atoms with Gasteiger partial charge in [0.2, 0.25) is 15.6 Å². The molecular weight excluding hydrogens is 404 g/mol. The minimum atomic E-state index is -4.02. The van der Waals surface area contributed by atoms with Gasteiger partial charge in [-0.05, 0) is 74.4 Å². The van der Waals surface area contributed by atoms with Gasteiger partial charge in [0.15, 0.2) is 0 Å². The number of carbonyl (C=O) groups excluding carboxylic acids is 1. The summed E-state index contributed by atoms with van der Waals surface area (Å²) in [5.74, 6) is -0.567. The molecule has 0 amide bonds. The molecule has 0 radical (unpaired) electrons. The van der Waals surface area contributed by atoms with Crippen LogP contribution in [0.3, 0.4) is 0 Å². The molecule has 0 fully saturated rings. The van der Waals surface area contributed by atoms with E-state index >= 15 is 0 Å². The van der Waals surface area contributed by atoms with Crippen LogP contribution >= 0.6 is 11.6 Å². The van der Waals surface area contributed by atoms with Crippen molar-refractivity contribution in [1.29, 1.82) is 0 Å². The lowest BCUT2D eigenvalue weighted by Gasteiger charge is -2.11. The minimum absolute atomic E-state index is 0.0852. The van der Waals surface area contributed by atoms with Gasteiger partial charge in [0.25, 0.3) is 0 Å². The van der Waals surface area contributed by atoms with E-state index in [1.165, 1.54) is 30.3 Å². The second-order valence-corrected chi connectivity index (χ2v) is 9.38. The number of hydrogen-bond donors (Lipinski definition) is 0. The number of ketones is 1. The zero-order valence-electron chi connectivity index (χ0n) is 16.4. The van der Waals surface area contributed by atoms with Crippen molar-refractivity contribution < 1.29 is 13.2 Å². The molecule has 0 bridgehead atoms. The molecule has 148 valence electrons. The van der Waals surface area contributed by atoms with Gasteiger partial charge in [-0.15, -0.1) is 0 Å². The summed E-state index contributed by atoms with van der Waals surface area (Å²) in [7, 11) is -4.02. The van der Waals surface area contributed by atoms with Gasteiger partial charge in [0.05, 0.1) is 4.90 Å². The first-order valence-corrected chi connectivity index (χ1v) is 11.0. The first kappa shape index (κ1) is 21.0. The van der Waals surface area contributed by atoms with Crippen LogP contribution in [-0.4, -0.2) is 14.2 Å². The fourth-order valence-electron chi connectivity index (χ4n) is 2.91. The molecule has 3 rings (SSSR count). The van der Waals surface area contributed by atoms with Crippen LogP contribution in [0.4, 0.5) is 0 Å². The smallest absolute Gasteiger partial charge is 0.210 e. The van der Waals surface area contributed by atoms with Crippen molar-refractivity contribution in [3.8, 4) is 0 Å². The Balaban J connectivity index is 2.22. The maximum atomic E-state index is 13.4. The summed E-state index contributed by atoms with van der Waals surface area (Å²) in [6, 6.07) is 18.4. The Hall–Kier alpha value is -2.69. The van der Waals surface area contributed by atoms with Crippen LogP contribution in [0.2, 0.25) is 5.02 Å². The quantitative estimate of drug-likeness (QED) is 0.375. The average Bonchev–Trinajstić information content (AvgIpc) is 2.69.